The summed E-state index contributed by atoms with van der Waals surface area (Å²) in [4.78, 5) is 0.322. The van der Waals surface area contributed by atoms with E-state index in [1.165, 1.54) is 6.07 Å². The molecule has 21 heavy (non-hydrogen) atoms. The average Bonchev–Trinajstić information content (AvgIpc) is 2.45. The molecule has 0 aromatic heterocycles. The van der Waals surface area contributed by atoms with Gasteiger partial charge in [0.1, 0.15) is 5.82 Å². The molecule has 1 heterocycles. The number of sulfone groups is 1. The summed E-state index contributed by atoms with van der Waals surface area (Å²) in [6, 6.07) is 11.0. The van der Waals surface area contributed by atoms with Crippen molar-refractivity contribution in [3.8, 4) is 0 Å². The van der Waals surface area contributed by atoms with E-state index in [2.05, 4.69) is 5.32 Å². The number of anilines is 1. The predicted octanol–water partition coefficient (Wildman–Crippen LogP) is 3.81. The van der Waals surface area contributed by atoms with E-state index in [1.807, 2.05) is 0 Å². The van der Waals surface area contributed by atoms with Crippen LogP contribution in [0.3, 0.4) is 0 Å². The van der Waals surface area contributed by atoms with Crippen LogP contribution in [-0.4, -0.2) is 14.2 Å². The van der Waals surface area contributed by atoms with E-state index in [1.54, 1.807) is 36.4 Å². The van der Waals surface area contributed by atoms with Crippen molar-refractivity contribution in [2.24, 2.45) is 0 Å². The standard InChI is InChI=1S/C15H13ClFNO2S/c16-10-5-6-14(12(17)9-10)18-13-7-8-21(19,20)15-4-2-1-3-11(13)15/h1-6,9,13,18H,7-8H2. The normalized spacial score (nSPS) is 19.8. The summed E-state index contributed by atoms with van der Waals surface area (Å²) < 4.78 is 38.0. The van der Waals surface area contributed by atoms with Crippen LogP contribution in [0.1, 0.15) is 18.0 Å². The van der Waals surface area contributed by atoms with Crippen molar-refractivity contribution < 1.29 is 12.8 Å². The fourth-order valence-corrected chi connectivity index (χ4v) is 4.31. The molecule has 0 saturated carbocycles. The summed E-state index contributed by atoms with van der Waals surface area (Å²) in [7, 11) is -3.24. The van der Waals surface area contributed by atoms with Gasteiger partial charge in [0.15, 0.2) is 9.84 Å². The van der Waals surface area contributed by atoms with E-state index in [-0.39, 0.29) is 11.8 Å². The molecule has 0 amide bonds. The Hall–Kier alpha value is -1.59. The van der Waals surface area contributed by atoms with E-state index in [9.17, 15) is 12.8 Å². The summed E-state index contributed by atoms with van der Waals surface area (Å²) in [6.07, 6.45) is 0.404. The van der Waals surface area contributed by atoms with Crippen molar-refractivity contribution in [3.63, 3.8) is 0 Å². The molecule has 0 aliphatic carbocycles. The van der Waals surface area contributed by atoms with Gasteiger partial charge in [0.05, 0.1) is 22.4 Å². The van der Waals surface area contributed by atoms with Crippen LogP contribution in [0, 0.1) is 5.82 Å². The molecular formula is C15H13ClFNO2S. The molecule has 2 aromatic rings. The number of hydrogen-bond donors (Lipinski definition) is 1. The van der Waals surface area contributed by atoms with Crippen molar-refractivity contribution >= 4 is 27.1 Å². The molecule has 1 aliphatic heterocycles. The highest BCUT2D eigenvalue weighted by atomic mass is 35.5. The molecular weight excluding hydrogens is 313 g/mol. The topological polar surface area (TPSA) is 46.2 Å². The van der Waals surface area contributed by atoms with Crippen molar-refractivity contribution in [1.29, 1.82) is 0 Å². The smallest absolute Gasteiger partial charge is 0.178 e. The Morgan fingerprint density at radius 1 is 1.19 bits per heavy atom. The van der Waals surface area contributed by atoms with Gasteiger partial charge in [-0.25, -0.2) is 12.8 Å². The van der Waals surface area contributed by atoms with Crippen molar-refractivity contribution in [2.45, 2.75) is 17.4 Å². The predicted molar refractivity (Wildman–Crippen MR) is 80.9 cm³/mol. The molecule has 1 unspecified atom stereocenters. The lowest BCUT2D eigenvalue weighted by Gasteiger charge is -2.27. The van der Waals surface area contributed by atoms with E-state index in [0.717, 1.165) is 0 Å². The summed E-state index contributed by atoms with van der Waals surface area (Å²) in [5, 5.41) is 3.40. The number of benzene rings is 2. The highest BCUT2D eigenvalue weighted by molar-refractivity contribution is 7.91. The first-order chi connectivity index (χ1) is 9.97. The van der Waals surface area contributed by atoms with Gasteiger partial charge in [-0.3, -0.25) is 0 Å². The monoisotopic (exact) mass is 325 g/mol. The van der Waals surface area contributed by atoms with Crippen LogP contribution in [0.25, 0.3) is 0 Å². The third-order valence-electron chi connectivity index (χ3n) is 3.57. The molecule has 0 spiro atoms. The highest BCUT2D eigenvalue weighted by Gasteiger charge is 2.30. The average molecular weight is 326 g/mol. The second-order valence-electron chi connectivity index (χ2n) is 4.97. The van der Waals surface area contributed by atoms with Crippen LogP contribution in [0.15, 0.2) is 47.4 Å². The molecule has 2 aromatic carbocycles. The maximum Gasteiger partial charge on any atom is 0.178 e. The zero-order chi connectivity index (χ0) is 15.0. The molecule has 3 nitrogen and oxygen atoms in total. The summed E-state index contributed by atoms with van der Waals surface area (Å²) in [5.74, 6) is -0.398. The Morgan fingerprint density at radius 3 is 2.71 bits per heavy atom. The van der Waals surface area contributed by atoms with E-state index in [0.29, 0.717) is 27.6 Å². The van der Waals surface area contributed by atoms with Gasteiger partial charge in [-0.15, -0.1) is 0 Å². The maximum atomic E-state index is 13.9. The Kier molecular flexibility index (Phi) is 3.63. The molecule has 1 aliphatic rings. The lowest BCUT2D eigenvalue weighted by atomic mass is 10.0. The van der Waals surface area contributed by atoms with Crippen LogP contribution in [0.5, 0.6) is 0 Å². The van der Waals surface area contributed by atoms with Gasteiger partial charge < -0.3 is 5.32 Å². The Balaban J connectivity index is 1.97. The molecule has 1 N–H and O–H groups in total. The minimum atomic E-state index is -3.24. The van der Waals surface area contributed by atoms with Crippen LogP contribution in [0.4, 0.5) is 10.1 Å². The summed E-state index contributed by atoms with van der Waals surface area (Å²) in [5.41, 5.74) is 0.997. The molecule has 0 bridgehead atoms. The molecule has 0 radical (unpaired) electrons. The van der Waals surface area contributed by atoms with Gasteiger partial charge in [-0.2, -0.15) is 0 Å². The third-order valence-corrected chi connectivity index (χ3v) is 5.62. The molecule has 0 fully saturated rings. The lowest BCUT2D eigenvalue weighted by Crippen LogP contribution is -2.24. The number of fused-ring (bicyclic) bond motifs is 1. The molecule has 0 saturated heterocycles. The number of nitrogens with one attached hydrogen (secondary N) is 1. The second-order valence-corrected chi connectivity index (χ2v) is 7.48. The SMILES string of the molecule is O=S1(=O)CCC(Nc2ccc(Cl)cc2F)c2ccccc21. The first-order valence-electron chi connectivity index (χ1n) is 6.51. The largest absolute Gasteiger partial charge is 0.376 e. The third kappa shape index (κ3) is 2.76. The Morgan fingerprint density at radius 2 is 1.95 bits per heavy atom. The number of halogens is 2. The molecule has 3 rings (SSSR count). The van der Waals surface area contributed by atoms with E-state index < -0.39 is 15.7 Å². The van der Waals surface area contributed by atoms with Crippen molar-refractivity contribution in [3.05, 3.63) is 58.9 Å². The fraction of sp³-hybridized carbons (Fsp3) is 0.200. The fourth-order valence-electron chi connectivity index (χ4n) is 2.53. The van der Waals surface area contributed by atoms with E-state index >= 15 is 0 Å². The van der Waals surface area contributed by atoms with Gasteiger partial charge in [-0.05, 0) is 36.2 Å². The van der Waals surface area contributed by atoms with Crippen LogP contribution >= 0.6 is 11.6 Å². The van der Waals surface area contributed by atoms with Gasteiger partial charge in [0.25, 0.3) is 0 Å². The van der Waals surface area contributed by atoms with Gasteiger partial charge >= 0.3 is 0 Å². The van der Waals surface area contributed by atoms with Crippen LogP contribution < -0.4 is 5.32 Å². The zero-order valence-electron chi connectivity index (χ0n) is 11.0. The second kappa shape index (κ2) is 5.31. The quantitative estimate of drug-likeness (QED) is 0.913. The molecule has 110 valence electrons. The van der Waals surface area contributed by atoms with Gasteiger partial charge in [-0.1, -0.05) is 29.8 Å². The van der Waals surface area contributed by atoms with Crippen LogP contribution in [0.2, 0.25) is 5.02 Å². The Bertz CT molecular complexity index is 792. The Labute approximate surface area is 127 Å². The number of rotatable bonds is 2. The molecule has 6 heteroatoms. The highest BCUT2D eigenvalue weighted by Crippen LogP contribution is 2.35. The van der Waals surface area contributed by atoms with Crippen molar-refractivity contribution in [1.82, 2.24) is 0 Å². The summed E-state index contributed by atoms with van der Waals surface area (Å²) in [6.45, 7) is 0. The summed E-state index contributed by atoms with van der Waals surface area (Å²) >= 11 is 5.73. The maximum absolute atomic E-state index is 13.9. The molecule has 1 atom stereocenters. The first-order valence-corrected chi connectivity index (χ1v) is 8.54. The van der Waals surface area contributed by atoms with Crippen LogP contribution in [-0.2, 0) is 9.84 Å². The number of hydrogen-bond acceptors (Lipinski definition) is 3. The van der Waals surface area contributed by atoms with Gasteiger partial charge in [0.2, 0.25) is 0 Å². The van der Waals surface area contributed by atoms with Crippen molar-refractivity contribution in [2.75, 3.05) is 11.1 Å². The van der Waals surface area contributed by atoms with Gasteiger partial charge in [0, 0.05) is 5.02 Å². The minimum absolute atomic E-state index is 0.0525. The lowest BCUT2D eigenvalue weighted by molar-refractivity contribution is 0.574. The minimum Gasteiger partial charge on any atom is -0.376 e. The first kappa shape index (κ1) is 14.4. The van der Waals surface area contributed by atoms with E-state index in [4.69, 9.17) is 11.6 Å². The zero-order valence-corrected chi connectivity index (χ0v) is 12.6.